The van der Waals surface area contributed by atoms with Crippen LogP contribution in [0.5, 0.6) is 5.75 Å². The number of hydrogen-bond acceptors (Lipinski definition) is 3. The first kappa shape index (κ1) is 12.7. The molecule has 1 aromatic carbocycles. The lowest BCUT2D eigenvalue weighted by Gasteiger charge is -2.11. The van der Waals surface area contributed by atoms with E-state index in [1.807, 2.05) is 0 Å². The van der Waals surface area contributed by atoms with Crippen molar-refractivity contribution in [3.05, 3.63) is 51.7 Å². The first-order valence-electron chi connectivity index (χ1n) is 6.79. The number of hydrogen-bond donors (Lipinski definition) is 1. The Bertz CT molecular complexity index is 536. The highest BCUT2D eigenvalue weighted by atomic mass is 32.1. The third-order valence-corrected chi connectivity index (χ3v) is 4.23. The number of fused-ring (bicyclic) bond motifs is 1. The predicted molar refractivity (Wildman–Crippen MR) is 80.2 cm³/mol. The summed E-state index contributed by atoms with van der Waals surface area (Å²) in [4.78, 5) is 0. The number of rotatable bonds is 5. The minimum Gasteiger partial charge on any atom is -0.488 e. The molecule has 0 saturated carbocycles. The van der Waals surface area contributed by atoms with Crippen LogP contribution in [0.25, 0.3) is 0 Å². The second-order valence-corrected chi connectivity index (χ2v) is 5.92. The molecule has 1 atom stereocenters. The first-order valence-corrected chi connectivity index (χ1v) is 7.73. The quantitative estimate of drug-likeness (QED) is 0.845. The van der Waals surface area contributed by atoms with Crippen LogP contribution < -0.4 is 10.1 Å². The largest absolute Gasteiger partial charge is 0.488 e. The van der Waals surface area contributed by atoms with Crippen molar-refractivity contribution in [3.63, 3.8) is 0 Å². The average molecular weight is 273 g/mol. The van der Waals surface area contributed by atoms with E-state index in [0.29, 0.717) is 6.10 Å². The van der Waals surface area contributed by atoms with Gasteiger partial charge in [-0.2, -0.15) is 11.3 Å². The summed E-state index contributed by atoms with van der Waals surface area (Å²) in [6, 6.07) is 8.64. The average Bonchev–Trinajstić information content (AvgIpc) is 3.02. The summed E-state index contributed by atoms with van der Waals surface area (Å²) in [6.45, 7) is 4.08. The van der Waals surface area contributed by atoms with E-state index in [4.69, 9.17) is 4.74 Å². The maximum Gasteiger partial charge on any atom is 0.123 e. The van der Waals surface area contributed by atoms with Crippen molar-refractivity contribution in [2.24, 2.45) is 0 Å². The Labute approximate surface area is 118 Å². The van der Waals surface area contributed by atoms with Gasteiger partial charge in [-0.3, -0.25) is 0 Å². The van der Waals surface area contributed by atoms with Crippen LogP contribution in [-0.2, 0) is 12.8 Å². The maximum absolute atomic E-state index is 5.94. The lowest BCUT2D eigenvalue weighted by atomic mass is 10.1. The zero-order chi connectivity index (χ0) is 13.1. The van der Waals surface area contributed by atoms with Crippen LogP contribution >= 0.6 is 11.3 Å². The zero-order valence-corrected chi connectivity index (χ0v) is 12.0. The van der Waals surface area contributed by atoms with Gasteiger partial charge < -0.3 is 10.1 Å². The fourth-order valence-corrected chi connectivity index (χ4v) is 3.20. The molecular weight excluding hydrogens is 254 g/mol. The van der Waals surface area contributed by atoms with Crippen LogP contribution in [0, 0.1) is 6.92 Å². The van der Waals surface area contributed by atoms with E-state index in [9.17, 15) is 0 Å². The minimum absolute atomic E-state index is 0.291. The summed E-state index contributed by atoms with van der Waals surface area (Å²) >= 11 is 1.76. The molecule has 3 rings (SSSR count). The number of ether oxygens (including phenoxy) is 1. The van der Waals surface area contributed by atoms with Crippen LogP contribution in [-0.4, -0.2) is 19.2 Å². The molecule has 0 spiro atoms. The minimum atomic E-state index is 0.291. The summed E-state index contributed by atoms with van der Waals surface area (Å²) in [7, 11) is 0. The molecule has 2 heterocycles. The topological polar surface area (TPSA) is 21.3 Å². The summed E-state index contributed by atoms with van der Waals surface area (Å²) < 4.78 is 5.94. The van der Waals surface area contributed by atoms with Crippen molar-refractivity contribution in [1.29, 1.82) is 0 Å². The van der Waals surface area contributed by atoms with E-state index in [0.717, 1.165) is 31.7 Å². The Morgan fingerprint density at radius 1 is 1.37 bits per heavy atom. The van der Waals surface area contributed by atoms with Crippen molar-refractivity contribution in [1.82, 2.24) is 5.32 Å². The highest BCUT2D eigenvalue weighted by Gasteiger charge is 2.22. The summed E-state index contributed by atoms with van der Waals surface area (Å²) in [5, 5.41) is 7.84. The second kappa shape index (κ2) is 5.76. The highest BCUT2D eigenvalue weighted by Crippen LogP contribution is 2.29. The molecule has 1 aliphatic rings. The van der Waals surface area contributed by atoms with Crippen LogP contribution in [0.1, 0.15) is 16.7 Å². The van der Waals surface area contributed by atoms with Gasteiger partial charge in [0, 0.05) is 13.0 Å². The van der Waals surface area contributed by atoms with Crippen molar-refractivity contribution in [3.8, 4) is 5.75 Å². The fourth-order valence-electron chi connectivity index (χ4n) is 2.49. The Morgan fingerprint density at radius 3 is 3.16 bits per heavy atom. The summed E-state index contributed by atoms with van der Waals surface area (Å²) in [5.74, 6) is 1.07. The molecule has 2 aromatic rings. The van der Waals surface area contributed by atoms with Gasteiger partial charge in [0.05, 0.1) is 0 Å². The fraction of sp³-hybridized carbons (Fsp3) is 0.375. The van der Waals surface area contributed by atoms with E-state index in [2.05, 4.69) is 47.3 Å². The van der Waals surface area contributed by atoms with Gasteiger partial charge in [-0.15, -0.1) is 0 Å². The van der Waals surface area contributed by atoms with E-state index < -0.39 is 0 Å². The van der Waals surface area contributed by atoms with Crippen LogP contribution in [0.3, 0.4) is 0 Å². The lowest BCUT2D eigenvalue weighted by Crippen LogP contribution is -2.31. The SMILES string of the molecule is Cc1ccc2c(c1)CC(CNCCc1ccsc1)O2. The molecule has 1 aliphatic heterocycles. The molecule has 0 amide bonds. The molecule has 3 heteroatoms. The van der Waals surface area contributed by atoms with Crippen LogP contribution in [0.2, 0.25) is 0 Å². The molecule has 0 bridgehead atoms. The molecule has 19 heavy (non-hydrogen) atoms. The molecule has 1 unspecified atom stereocenters. The van der Waals surface area contributed by atoms with Gasteiger partial charge in [0.25, 0.3) is 0 Å². The Hall–Kier alpha value is -1.32. The third-order valence-electron chi connectivity index (χ3n) is 3.50. The zero-order valence-electron chi connectivity index (χ0n) is 11.2. The molecule has 0 fully saturated rings. The monoisotopic (exact) mass is 273 g/mol. The Kier molecular flexibility index (Phi) is 3.85. The number of thiophene rings is 1. The molecule has 100 valence electrons. The van der Waals surface area contributed by atoms with Crippen LogP contribution in [0.4, 0.5) is 0 Å². The van der Waals surface area contributed by atoms with Crippen molar-refractivity contribution in [2.75, 3.05) is 13.1 Å². The molecule has 2 nitrogen and oxygen atoms in total. The molecule has 0 radical (unpaired) electrons. The van der Waals surface area contributed by atoms with Gasteiger partial charge in [-0.25, -0.2) is 0 Å². The number of nitrogens with one attached hydrogen (secondary N) is 1. The summed E-state index contributed by atoms with van der Waals surface area (Å²) in [5.41, 5.74) is 4.09. The van der Waals surface area contributed by atoms with E-state index >= 15 is 0 Å². The lowest BCUT2D eigenvalue weighted by molar-refractivity contribution is 0.228. The summed E-state index contributed by atoms with van der Waals surface area (Å²) in [6.07, 6.45) is 2.42. The number of aryl methyl sites for hydroxylation is 1. The van der Waals surface area contributed by atoms with Crippen molar-refractivity contribution in [2.45, 2.75) is 25.9 Å². The van der Waals surface area contributed by atoms with Gasteiger partial charge in [-0.1, -0.05) is 17.7 Å². The normalized spacial score (nSPS) is 17.2. The molecule has 0 aliphatic carbocycles. The van der Waals surface area contributed by atoms with Gasteiger partial charge >= 0.3 is 0 Å². The van der Waals surface area contributed by atoms with Gasteiger partial charge in [0.1, 0.15) is 11.9 Å². The van der Waals surface area contributed by atoms with Crippen molar-refractivity contribution >= 4 is 11.3 Å². The predicted octanol–water partition coefficient (Wildman–Crippen LogP) is 3.19. The maximum atomic E-state index is 5.94. The standard InChI is InChI=1S/C16H19NOS/c1-12-2-3-16-14(8-12)9-15(18-16)10-17-6-4-13-5-7-19-11-13/h2-3,5,7-8,11,15,17H,4,6,9-10H2,1H3. The first-order chi connectivity index (χ1) is 9.31. The van der Waals surface area contributed by atoms with E-state index in [-0.39, 0.29) is 0 Å². The number of benzene rings is 1. The van der Waals surface area contributed by atoms with E-state index in [1.165, 1.54) is 16.7 Å². The van der Waals surface area contributed by atoms with Gasteiger partial charge in [0.2, 0.25) is 0 Å². The van der Waals surface area contributed by atoms with Gasteiger partial charge in [0.15, 0.2) is 0 Å². The Balaban J connectivity index is 1.43. The highest BCUT2D eigenvalue weighted by molar-refractivity contribution is 7.07. The van der Waals surface area contributed by atoms with E-state index in [1.54, 1.807) is 11.3 Å². The third kappa shape index (κ3) is 3.17. The van der Waals surface area contributed by atoms with Crippen molar-refractivity contribution < 1.29 is 4.74 Å². The molecule has 1 aromatic heterocycles. The second-order valence-electron chi connectivity index (χ2n) is 5.14. The van der Waals surface area contributed by atoms with Gasteiger partial charge in [-0.05, 0) is 53.9 Å². The smallest absolute Gasteiger partial charge is 0.123 e. The molecule has 0 saturated heterocycles. The molecular formula is C16H19NOS. The molecule has 1 N–H and O–H groups in total. The van der Waals surface area contributed by atoms with Crippen LogP contribution in [0.15, 0.2) is 35.0 Å². The Morgan fingerprint density at radius 2 is 2.32 bits per heavy atom.